The largest absolute Gasteiger partial charge is 0.481 e. The molecule has 0 radical (unpaired) electrons. The Labute approximate surface area is 103 Å². The van der Waals surface area contributed by atoms with Crippen LogP contribution in [0, 0.1) is 6.92 Å². The average molecular weight is 235 g/mol. The van der Waals surface area contributed by atoms with Gasteiger partial charge in [0, 0.05) is 6.04 Å². The van der Waals surface area contributed by atoms with E-state index < -0.39 is 6.10 Å². The highest BCUT2D eigenvalue weighted by Crippen LogP contribution is 2.13. The summed E-state index contributed by atoms with van der Waals surface area (Å²) in [4.78, 5) is 11.7. The van der Waals surface area contributed by atoms with Gasteiger partial charge < -0.3 is 10.1 Å². The van der Waals surface area contributed by atoms with Crippen LogP contribution in [0.25, 0.3) is 0 Å². The molecule has 1 rings (SSSR count). The predicted molar refractivity (Wildman–Crippen MR) is 69.2 cm³/mol. The molecule has 1 aromatic carbocycles. The lowest BCUT2D eigenvalue weighted by Gasteiger charge is -2.17. The minimum atomic E-state index is -0.466. The van der Waals surface area contributed by atoms with E-state index in [9.17, 15) is 4.79 Å². The van der Waals surface area contributed by atoms with Gasteiger partial charge in [0.2, 0.25) is 0 Å². The Morgan fingerprint density at radius 3 is 2.41 bits per heavy atom. The number of nitrogens with one attached hydrogen (secondary N) is 1. The Balaban J connectivity index is 2.51. The molecule has 0 saturated carbocycles. The van der Waals surface area contributed by atoms with Crippen molar-refractivity contribution in [3.63, 3.8) is 0 Å². The maximum absolute atomic E-state index is 11.7. The predicted octanol–water partition coefficient (Wildman–Crippen LogP) is 2.68. The Hall–Kier alpha value is -1.51. The number of hydrogen-bond acceptors (Lipinski definition) is 2. The fourth-order valence-corrected chi connectivity index (χ4v) is 1.34. The van der Waals surface area contributed by atoms with Crippen LogP contribution in [0.5, 0.6) is 5.75 Å². The molecule has 1 amide bonds. The molecule has 0 aliphatic rings. The van der Waals surface area contributed by atoms with Crippen LogP contribution in [-0.2, 0) is 4.79 Å². The van der Waals surface area contributed by atoms with Crippen LogP contribution in [0.2, 0.25) is 0 Å². The molecule has 0 aliphatic heterocycles. The number of carbonyl (C=O) groups is 1. The molecule has 2 unspecified atom stereocenters. The van der Waals surface area contributed by atoms with Crippen molar-refractivity contribution < 1.29 is 9.53 Å². The SMILES string of the molecule is CCC(C)NC(=O)C(C)Oc1ccc(C)cc1. The Bertz CT molecular complexity index is 359. The van der Waals surface area contributed by atoms with Crippen molar-refractivity contribution in [2.24, 2.45) is 0 Å². The summed E-state index contributed by atoms with van der Waals surface area (Å²) >= 11 is 0. The van der Waals surface area contributed by atoms with Crippen LogP contribution in [0.15, 0.2) is 24.3 Å². The van der Waals surface area contributed by atoms with Gasteiger partial charge in [-0.2, -0.15) is 0 Å². The first-order valence-electron chi connectivity index (χ1n) is 6.06. The summed E-state index contributed by atoms with van der Waals surface area (Å²) in [7, 11) is 0. The Morgan fingerprint density at radius 2 is 1.88 bits per heavy atom. The first-order valence-corrected chi connectivity index (χ1v) is 6.06. The molecular formula is C14H21NO2. The molecule has 2 atom stereocenters. The number of ether oxygens (including phenoxy) is 1. The summed E-state index contributed by atoms with van der Waals surface area (Å²) in [6.45, 7) is 7.80. The van der Waals surface area contributed by atoms with Crippen molar-refractivity contribution in [3.8, 4) is 5.75 Å². The first-order chi connectivity index (χ1) is 8.02. The standard InChI is InChI=1S/C14H21NO2/c1-5-11(3)15-14(16)12(4)17-13-8-6-10(2)7-9-13/h6-9,11-12H,5H2,1-4H3,(H,15,16). The van der Waals surface area contributed by atoms with Crippen molar-refractivity contribution in [3.05, 3.63) is 29.8 Å². The molecule has 0 heterocycles. The third-order valence-electron chi connectivity index (χ3n) is 2.70. The number of hydrogen-bond donors (Lipinski definition) is 1. The van der Waals surface area contributed by atoms with Crippen LogP contribution in [0.1, 0.15) is 32.8 Å². The minimum absolute atomic E-state index is 0.0695. The van der Waals surface area contributed by atoms with E-state index in [2.05, 4.69) is 5.32 Å². The first kappa shape index (κ1) is 13.6. The summed E-state index contributed by atoms with van der Waals surface area (Å²) in [6, 6.07) is 7.88. The second kappa shape index (κ2) is 6.28. The van der Waals surface area contributed by atoms with Crippen molar-refractivity contribution in [1.29, 1.82) is 0 Å². The van der Waals surface area contributed by atoms with E-state index in [-0.39, 0.29) is 11.9 Å². The lowest BCUT2D eigenvalue weighted by molar-refractivity contribution is -0.127. The highest BCUT2D eigenvalue weighted by atomic mass is 16.5. The molecule has 3 nitrogen and oxygen atoms in total. The zero-order chi connectivity index (χ0) is 12.8. The highest BCUT2D eigenvalue weighted by molar-refractivity contribution is 5.80. The summed E-state index contributed by atoms with van der Waals surface area (Å²) in [5.41, 5.74) is 1.18. The second-order valence-corrected chi connectivity index (χ2v) is 4.39. The van der Waals surface area contributed by atoms with Gasteiger partial charge in [0.05, 0.1) is 0 Å². The van der Waals surface area contributed by atoms with Crippen LogP contribution >= 0.6 is 0 Å². The van der Waals surface area contributed by atoms with Gasteiger partial charge in [-0.1, -0.05) is 24.6 Å². The van der Waals surface area contributed by atoms with Gasteiger partial charge in [0.15, 0.2) is 6.10 Å². The van der Waals surface area contributed by atoms with Crippen molar-refractivity contribution in [2.45, 2.75) is 46.3 Å². The zero-order valence-corrected chi connectivity index (χ0v) is 11.0. The summed E-state index contributed by atoms with van der Waals surface area (Å²) in [5, 5.41) is 2.90. The minimum Gasteiger partial charge on any atom is -0.481 e. The fourth-order valence-electron chi connectivity index (χ4n) is 1.34. The van der Waals surface area contributed by atoms with E-state index >= 15 is 0 Å². The van der Waals surface area contributed by atoms with Crippen molar-refractivity contribution in [1.82, 2.24) is 5.32 Å². The third kappa shape index (κ3) is 4.47. The van der Waals surface area contributed by atoms with Crippen molar-refractivity contribution in [2.75, 3.05) is 0 Å². The topological polar surface area (TPSA) is 38.3 Å². The molecule has 0 spiro atoms. The van der Waals surface area contributed by atoms with Gasteiger partial charge in [-0.05, 0) is 39.3 Å². The maximum atomic E-state index is 11.7. The molecule has 17 heavy (non-hydrogen) atoms. The quantitative estimate of drug-likeness (QED) is 0.852. The molecule has 94 valence electrons. The van der Waals surface area contributed by atoms with Gasteiger partial charge in [0.25, 0.3) is 5.91 Å². The van der Waals surface area contributed by atoms with Gasteiger partial charge in [-0.3, -0.25) is 4.79 Å². The van der Waals surface area contributed by atoms with Crippen LogP contribution in [0.3, 0.4) is 0 Å². The van der Waals surface area contributed by atoms with Crippen molar-refractivity contribution >= 4 is 5.91 Å². The summed E-state index contributed by atoms with van der Waals surface area (Å²) < 4.78 is 5.56. The Morgan fingerprint density at radius 1 is 1.29 bits per heavy atom. The molecule has 0 aromatic heterocycles. The number of aryl methyl sites for hydroxylation is 1. The molecule has 0 fully saturated rings. The average Bonchev–Trinajstić information content (AvgIpc) is 2.31. The van der Waals surface area contributed by atoms with E-state index in [1.54, 1.807) is 6.92 Å². The number of amides is 1. The van der Waals surface area contributed by atoms with Crippen LogP contribution < -0.4 is 10.1 Å². The molecule has 0 saturated heterocycles. The highest BCUT2D eigenvalue weighted by Gasteiger charge is 2.15. The van der Waals surface area contributed by atoms with E-state index in [1.165, 1.54) is 5.56 Å². The summed E-state index contributed by atoms with van der Waals surface area (Å²) in [6.07, 6.45) is 0.454. The van der Waals surface area contributed by atoms with Gasteiger partial charge >= 0.3 is 0 Å². The van der Waals surface area contributed by atoms with Gasteiger partial charge in [0.1, 0.15) is 5.75 Å². The lowest BCUT2D eigenvalue weighted by Crippen LogP contribution is -2.40. The Kier molecular flexibility index (Phi) is 5.01. The van der Waals surface area contributed by atoms with Gasteiger partial charge in [-0.15, -0.1) is 0 Å². The third-order valence-corrected chi connectivity index (χ3v) is 2.70. The van der Waals surface area contributed by atoms with Gasteiger partial charge in [-0.25, -0.2) is 0 Å². The molecule has 1 aromatic rings. The fraction of sp³-hybridized carbons (Fsp3) is 0.500. The molecule has 3 heteroatoms. The van der Waals surface area contributed by atoms with E-state index in [4.69, 9.17) is 4.74 Å². The number of benzene rings is 1. The summed E-state index contributed by atoms with van der Waals surface area (Å²) in [5.74, 6) is 0.655. The number of carbonyl (C=O) groups excluding carboxylic acids is 1. The van der Waals surface area contributed by atoms with E-state index in [0.29, 0.717) is 0 Å². The zero-order valence-electron chi connectivity index (χ0n) is 11.0. The smallest absolute Gasteiger partial charge is 0.260 e. The number of rotatable bonds is 5. The molecule has 0 aliphatic carbocycles. The lowest BCUT2D eigenvalue weighted by atomic mass is 10.2. The maximum Gasteiger partial charge on any atom is 0.260 e. The molecular weight excluding hydrogens is 214 g/mol. The second-order valence-electron chi connectivity index (χ2n) is 4.39. The van der Waals surface area contributed by atoms with E-state index in [1.807, 2.05) is 45.0 Å². The van der Waals surface area contributed by atoms with Crippen LogP contribution in [0.4, 0.5) is 0 Å². The molecule has 0 bridgehead atoms. The van der Waals surface area contributed by atoms with E-state index in [0.717, 1.165) is 12.2 Å². The molecule has 1 N–H and O–H groups in total. The normalized spacial score (nSPS) is 13.9. The monoisotopic (exact) mass is 235 g/mol. The van der Waals surface area contributed by atoms with Crippen LogP contribution in [-0.4, -0.2) is 18.1 Å².